The second-order valence-electron chi connectivity index (χ2n) is 4.72. The summed E-state index contributed by atoms with van der Waals surface area (Å²) in [5.74, 6) is 0. The van der Waals surface area contributed by atoms with Gasteiger partial charge in [-0.2, -0.15) is 0 Å². The van der Waals surface area contributed by atoms with Crippen LogP contribution in [0.25, 0.3) is 5.57 Å². The van der Waals surface area contributed by atoms with Crippen LogP contribution in [-0.4, -0.2) is 36.6 Å². The van der Waals surface area contributed by atoms with E-state index < -0.39 is 0 Å². The zero-order valence-corrected chi connectivity index (χ0v) is 9.66. The molecular formula is C13H17N3. The topological polar surface area (TPSA) is 20.6 Å². The lowest BCUT2D eigenvalue weighted by molar-refractivity contribution is -0.775. The maximum Gasteiger partial charge on any atom is 0.112 e. The molecule has 84 valence electrons. The van der Waals surface area contributed by atoms with Crippen molar-refractivity contribution in [1.29, 1.82) is 0 Å². The zero-order valence-electron chi connectivity index (χ0n) is 9.66. The Morgan fingerprint density at radius 2 is 2.38 bits per heavy atom. The highest BCUT2D eigenvalue weighted by Gasteiger charge is 2.24. The highest BCUT2D eigenvalue weighted by Crippen LogP contribution is 2.27. The van der Waals surface area contributed by atoms with Gasteiger partial charge in [-0.3, -0.25) is 9.88 Å². The summed E-state index contributed by atoms with van der Waals surface area (Å²) in [6, 6.07) is 2.10. The molecule has 0 spiro atoms. The van der Waals surface area contributed by atoms with Crippen LogP contribution in [0.15, 0.2) is 18.3 Å². The van der Waals surface area contributed by atoms with Crippen molar-refractivity contribution < 1.29 is 4.90 Å². The summed E-state index contributed by atoms with van der Waals surface area (Å²) < 4.78 is 0. The Kier molecular flexibility index (Phi) is 2.30. The predicted octanol–water partition coefficient (Wildman–Crippen LogP) is 0.274. The van der Waals surface area contributed by atoms with E-state index in [2.05, 4.69) is 36.1 Å². The number of rotatable bonds is 1. The average Bonchev–Trinajstić information content (AvgIpc) is 2.86. The van der Waals surface area contributed by atoms with E-state index in [0.717, 1.165) is 26.1 Å². The molecule has 1 N–H and O–H groups in total. The first kappa shape index (κ1) is 10.00. The third-order valence-corrected chi connectivity index (χ3v) is 3.51. The van der Waals surface area contributed by atoms with Gasteiger partial charge in [0.15, 0.2) is 0 Å². The van der Waals surface area contributed by atoms with Gasteiger partial charge in [-0.25, -0.2) is 0 Å². The monoisotopic (exact) mass is 215 g/mol. The SMILES string of the molecule is [CH2-][NH+]1CCc2c1ccnc2C1=CCN(C)C1. The number of hydrogen-bond donors (Lipinski definition) is 1. The summed E-state index contributed by atoms with van der Waals surface area (Å²) in [6.07, 6.45) is 5.33. The van der Waals surface area contributed by atoms with Crippen LogP contribution in [0, 0.1) is 7.05 Å². The number of nitrogens with zero attached hydrogens (tertiary/aromatic N) is 2. The molecule has 1 atom stereocenters. The number of quaternary nitrogens is 1. The van der Waals surface area contributed by atoms with Crippen LogP contribution < -0.4 is 4.90 Å². The van der Waals surface area contributed by atoms with E-state index in [1.54, 1.807) is 0 Å². The number of aromatic nitrogens is 1. The van der Waals surface area contributed by atoms with E-state index in [9.17, 15) is 0 Å². The lowest BCUT2D eigenvalue weighted by atomic mass is 10.0. The van der Waals surface area contributed by atoms with E-state index in [1.165, 1.54) is 27.4 Å². The predicted molar refractivity (Wildman–Crippen MR) is 64.3 cm³/mol. The number of fused-ring (bicyclic) bond motifs is 1. The van der Waals surface area contributed by atoms with Crippen LogP contribution in [0.3, 0.4) is 0 Å². The van der Waals surface area contributed by atoms with Crippen molar-refractivity contribution in [1.82, 2.24) is 9.88 Å². The van der Waals surface area contributed by atoms with Gasteiger partial charge >= 0.3 is 0 Å². The lowest BCUT2D eigenvalue weighted by Crippen LogP contribution is -3.00. The first-order valence-corrected chi connectivity index (χ1v) is 5.79. The Balaban J connectivity index is 2.03. The van der Waals surface area contributed by atoms with Crippen molar-refractivity contribution >= 4 is 11.3 Å². The van der Waals surface area contributed by atoms with Gasteiger partial charge in [-0.15, -0.1) is 7.05 Å². The molecule has 0 saturated carbocycles. The maximum absolute atomic E-state index is 4.57. The van der Waals surface area contributed by atoms with Gasteiger partial charge < -0.3 is 4.90 Å². The molecule has 0 saturated heterocycles. The van der Waals surface area contributed by atoms with Crippen molar-refractivity contribution in [3.8, 4) is 0 Å². The van der Waals surface area contributed by atoms with Crippen molar-refractivity contribution in [2.24, 2.45) is 0 Å². The van der Waals surface area contributed by atoms with E-state index in [-0.39, 0.29) is 0 Å². The Labute approximate surface area is 96.4 Å². The molecule has 0 aromatic carbocycles. The van der Waals surface area contributed by atoms with Gasteiger partial charge in [-0.1, -0.05) is 6.08 Å². The molecule has 2 aliphatic rings. The Bertz CT molecular complexity index is 450. The molecular weight excluding hydrogens is 198 g/mol. The van der Waals surface area contributed by atoms with Crippen molar-refractivity contribution in [3.05, 3.63) is 36.6 Å². The fourth-order valence-corrected chi connectivity index (χ4v) is 2.62. The number of hydrogen-bond acceptors (Lipinski definition) is 2. The first-order chi connectivity index (χ1) is 7.75. The third-order valence-electron chi connectivity index (χ3n) is 3.51. The molecule has 16 heavy (non-hydrogen) atoms. The van der Waals surface area contributed by atoms with E-state index in [4.69, 9.17) is 0 Å². The van der Waals surface area contributed by atoms with Crippen LogP contribution in [0.1, 0.15) is 11.3 Å². The van der Waals surface area contributed by atoms with Crippen molar-refractivity contribution in [3.63, 3.8) is 0 Å². The first-order valence-electron chi connectivity index (χ1n) is 5.79. The highest BCUT2D eigenvalue weighted by atomic mass is 15.1. The summed E-state index contributed by atoms with van der Waals surface area (Å²) in [7, 11) is 6.26. The van der Waals surface area contributed by atoms with Crippen molar-refractivity contribution in [2.45, 2.75) is 6.42 Å². The van der Waals surface area contributed by atoms with Crippen molar-refractivity contribution in [2.75, 3.05) is 26.7 Å². The lowest BCUT2D eigenvalue weighted by Gasteiger charge is -2.14. The molecule has 0 radical (unpaired) electrons. The molecule has 3 heterocycles. The van der Waals surface area contributed by atoms with Gasteiger partial charge in [-0.05, 0) is 12.6 Å². The molecule has 0 bridgehead atoms. The van der Waals surface area contributed by atoms with Gasteiger partial charge in [0.05, 0.1) is 12.2 Å². The van der Waals surface area contributed by atoms with Crippen LogP contribution in [0.2, 0.25) is 0 Å². The molecule has 1 aromatic heterocycles. The molecule has 0 aliphatic carbocycles. The quantitative estimate of drug-likeness (QED) is 0.679. The van der Waals surface area contributed by atoms with E-state index >= 15 is 0 Å². The second-order valence-corrected chi connectivity index (χ2v) is 4.72. The fraction of sp³-hybridized carbons (Fsp3) is 0.385. The summed E-state index contributed by atoms with van der Waals surface area (Å²) in [5.41, 5.74) is 5.34. The number of nitrogens with one attached hydrogen (secondary N) is 1. The van der Waals surface area contributed by atoms with Crippen LogP contribution in [0.4, 0.5) is 5.69 Å². The van der Waals surface area contributed by atoms with E-state index in [1.807, 2.05) is 6.20 Å². The molecule has 1 aromatic rings. The van der Waals surface area contributed by atoms with Gasteiger partial charge in [0.1, 0.15) is 5.69 Å². The molecule has 0 amide bonds. The molecule has 0 fully saturated rings. The minimum absolute atomic E-state index is 1.02. The Morgan fingerprint density at radius 3 is 3.12 bits per heavy atom. The maximum atomic E-state index is 4.57. The van der Waals surface area contributed by atoms with E-state index in [0.29, 0.717) is 0 Å². The number of pyridine rings is 1. The molecule has 1 unspecified atom stereocenters. The summed E-state index contributed by atoms with van der Waals surface area (Å²) in [4.78, 5) is 8.14. The summed E-state index contributed by atoms with van der Waals surface area (Å²) in [6.45, 7) is 3.16. The van der Waals surface area contributed by atoms with Gasteiger partial charge in [0, 0.05) is 37.3 Å². The summed E-state index contributed by atoms with van der Waals surface area (Å²) in [5, 5.41) is 0. The normalized spacial score (nSPS) is 24.6. The minimum atomic E-state index is 1.02. The molecule has 3 nitrogen and oxygen atoms in total. The minimum Gasteiger partial charge on any atom is -0.434 e. The molecule has 3 heteroatoms. The highest BCUT2D eigenvalue weighted by molar-refractivity contribution is 5.71. The van der Waals surface area contributed by atoms with Crippen LogP contribution >= 0.6 is 0 Å². The van der Waals surface area contributed by atoms with Crippen LogP contribution in [0.5, 0.6) is 0 Å². The Hall–Kier alpha value is -1.19. The number of likely N-dealkylation sites (N-methyl/N-ethyl adjacent to an activating group) is 1. The second kappa shape index (κ2) is 3.68. The molecule has 2 aliphatic heterocycles. The smallest absolute Gasteiger partial charge is 0.112 e. The van der Waals surface area contributed by atoms with Gasteiger partial charge in [0.2, 0.25) is 0 Å². The molecule has 3 rings (SSSR count). The van der Waals surface area contributed by atoms with Gasteiger partial charge in [0.25, 0.3) is 0 Å². The largest absolute Gasteiger partial charge is 0.434 e. The zero-order chi connectivity index (χ0) is 11.1. The Morgan fingerprint density at radius 1 is 1.50 bits per heavy atom. The standard InChI is InChI=1S/C13H17N3/c1-15-7-4-10(9-15)13-11-5-8-16(2)12(11)3-6-14-13/h3-4,6,16H,2,5,7-9H2,1H3. The third kappa shape index (κ3) is 1.47. The average molecular weight is 215 g/mol. The fourth-order valence-electron chi connectivity index (χ4n) is 2.62. The van der Waals surface area contributed by atoms with Crippen LogP contribution in [-0.2, 0) is 6.42 Å². The summed E-state index contributed by atoms with van der Waals surface area (Å²) >= 11 is 0.